The van der Waals surface area contributed by atoms with Crippen molar-refractivity contribution in [3.05, 3.63) is 61.1 Å². The minimum Gasteiger partial charge on any atom is -0.490 e. The number of nitrogens with zero attached hydrogens (tertiary/aromatic N) is 6. The number of benzene rings is 2. The summed E-state index contributed by atoms with van der Waals surface area (Å²) in [7, 11) is 0. The standard InChI is InChI=1S/C21H16F2N6O2/c1-2-30-17-10-13(8-9-16(17)31-21(22)23)18-26-20-15-11-25-29(14-6-4-3-5-7-14)19(15)24-12-28(20)27-18/h3-12,21H,2H2,1H3. The lowest BCUT2D eigenvalue weighted by Gasteiger charge is -2.11. The number of alkyl halides is 2. The van der Waals surface area contributed by atoms with Crippen molar-refractivity contribution in [3.63, 3.8) is 0 Å². The van der Waals surface area contributed by atoms with Crippen LogP contribution >= 0.6 is 0 Å². The highest BCUT2D eigenvalue weighted by Crippen LogP contribution is 2.33. The molecule has 31 heavy (non-hydrogen) atoms. The van der Waals surface area contributed by atoms with Crippen molar-refractivity contribution >= 4 is 16.7 Å². The van der Waals surface area contributed by atoms with Crippen LogP contribution in [0.2, 0.25) is 0 Å². The molecule has 5 aromatic rings. The maximum Gasteiger partial charge on any atom is 0.387 e. The van der Waals surface area contributed by atoms with Gasteiger partial charge in [0.2, 0.25) is 0 Å². The molecule has 0 spiro atoms. The summed E-state index contributed by atoms with van der Waals surface area (Å²) in [5.41, 5.74) is 2.70. The minimum atomic E-state index is -2.95. The molecule has 0 atom stereocenters. The Hall–Kier alpha value is -4.08. The van der Waals surface area contributed by atoms with Gasteiger partial charge in [0.15, 0.2) is 28.6 Å². The van der Waals surface area contributed by atoms with Gasteiger partial charge in [-0.15, -0.1) is 5.10 Å². The van der Waals surface area contributed by atoms with Crippen LogP contribution < -0.4 is 9.47 Å². The van der Waals surface area contributed by atoms with Crippen molar-refractivity contribution in [2.24, 2.45) is 0 Å². The predicted octanol–water partition coefficient (Wildman–Crippen LogP) is 4.13. The van der Waals surface area contributed by atoms with E-state index in [1.807, 2.05) is 30.3 Å². The van der Waals surface area contributed by atoms with Crippen molar-refractivity contribution in [1.29, 1.82) is 0 Å². The van der Waals surface area contributed by atoms with Crippen molar-refractivity contribution in [2.45, 2.75) is 13.5 Å². The second kappa shape index (κ2) is 7.63. The molecule has 0 saturated heterocycles. The average Bonchev–Trinajstić information content (AvgIpc) is 3.39. The molecule has 8 nitrogen and oxygen atoms in total. The Labute approximate surface area is 174 Å². The molecule has 3 heterocycles. The van der Waals surface area contributed by atoms with Gasteiger partial charge in [-0.25, -0.2) is 19.2 Å². The monoisotopic (exact) mass is 422 g/mol. The maximum absolute atomic E-state index is 12.7. The molecule has 0 unspecified atom stereocenters. The molecule has 0 fully saturated rings. The number of para-hydroxylation sites is 1. The molecule has 2 aromatic carbocycles. The molecule has 0 radical (unpaired) electrons. The van der Waals surface area contributed by atoms with Gasteiger partial charge in [-0.2, -0.15) is 13.9 Å². The van der Waals surface area contributed by atoms with Crippen LogP contribution in [-0.4, -0.2) is 42.6 Å². The van der Waals surface area contributed by atoms with Gasteiger partial charge < -0.3 is 9.47 Å². The van der Waals surface area contributed by atoms with Gasteiger partial charge in [0.25, 0.3) is 0 Å². The van der Waals surface area contributed by atoms with Gasteiger partial charge in [0, 0.05) is 5.56 Å². The summed E-state index contributed by atoms with van der Waals surface area (Å²) in [6.07, 6.45) is 3.25. The van der Waals surface area contributed by atoms with E-state index in [1.165, 1.54) is 6.07 Å². The molecule has 10 heteroatoms. The third kappa shape index (κ3) is 3.41. The van der Waals surface area contributed by atoms with Crippen molar-refractivity contribution in [1.82, 2.24) is 29.4 Å². The molecule has 5 rings (SSSR count). The van der Waals surface area contributed by atoms with Gasteiger partial charge in [-0.1, -0.05) is 18.2 Å². The van der Waals surface area contributed by atoms with Crippen LogP contribution in [0.25, 0.3) is 33.8 Å². The van der Waals surface area contributed by atoms with Crippen LogP contribution in [0.4, 0.5) is 8.78 Å². The molecule has 0 amide bonds. The molecular weight excluding hydrogens is 406 g/mol. The van der Waals surface area contributed by atoms with E-state index >= 15 is 0 Å². The van der Waals surface area contributed by atoms with Gasteiger partial charge in [-0.3, -0.25) is 0 Å². The van der Waals surface area contributed by atoms with Crippen molar-refractivity contribution < 1.29 is 18.3 Å². The van der Waals surface area contributed by atoms with Gasteiger partial charge in [0.1, 0.15) is 6.33 Å². The van der Waals surface area contributed by atoms with E-state index in [1.54, 1.807) is 40.8 Å². The lowest BCUT2D eigenvalue weighted by atomic mass is 10.2. The number of ether oxygens (including phenoxy) is 2. The quantitative estimate of drug-likeness (QED) is 0.409. The Kier molecular flexibility index (Phi) is 4.66. The molecule has 0 saturated carbocycles. The SMILES string of the molecule is CCOc1cc(-c2nc3c4cnn(-c5ccccc5)c4ncn3n2)ccc1OC(F)F. The molecule has 156 valence electrons. The van der Waals surface area contributed by atoms with Crippen LogP contribution in [0.1, 0.15) is 6.92 Å². The zero-order valence-electron chi connectivity index (χ0n) is 16.3. The van der Waals surface area contributed by atoms with Gasteiger partial charge >= 0.3 is 6.61 Å². The highest BCUT2D eigenvalue weighted by Gasteiger charge is 2.17. The van der Waals surface area contributed by atoms with E-state index in [-0.39, 0.29) is 11.5 Å². The van der Waals surface area contributed by atoms with Crippen LogP contribution in [0.3, 0.4) is 0 Å². The lowest BCUT2D eigenvalue weighted by molar-refractivity contribution is -0.0514. The normalized spacial score (nSPS) is 11.5. The largest absolute Gasteiger partial charge is 0.490 e. The summed E-state index contributed by atoms with van der Waals surface area (Å²) in [6.45, 7) is -0.890. The van der Waals surface area contributed by atoms with E-state index in [2.05, 4.69) is 24.9 Å². The fraction of sp³-hybridized carbons (Fsp3) is 0.143. The molecule has 0 bridgehead atoms. The van der Waals surface area contributed by atoms with E-state index in [0.717, 1.165) is 11.1 Å². The zero-order valence-corrected chi connectivity index (χ0v) is 16.3. The van der Waals surface area contributed by atoms with E-state index in [0.29, 0.717) is 29.3 Å². The summed E-state index contributed by atoms with van der Waals surface area (Å²) in [5, 5.41) is 9.64. The van der Waals surface area contributed by atoms with Crippen molar-refractivity contribution in [2.75, 3.05) is 6.61 Å². The Bertz CT molecular complexity index is 1370. The lowest BCUT2D eigenvalue weighted by Crippen LogP contribution is -2.04. The van der Waals surface area contributed by atoms with Gasteiger partial charge in [0.05, 0.1) is 23.9 Å². The maximum atomic E-state index is 12.7. The summed E-state index contributed by atoms with van der Waals surface area (Å²) >= 11 is 0. The summed E-state index contributed by atoms with van der Waals surface area (Å²) in [4.78, 5) is 9.10. The minimum absolute atomic E-state index is 0.0439. The Morgan fingerprint density at radius 3 is 2.65 bits per heavy atom. The van der Waals surface area contributed by atoms with Crippen LogP contribution in [-0.2, 0) is 0 Å². The second-order valence-corrected chi connectivity index (χ2v) is 6.55. The van der Waals surface area contributed by atoms with Crippen LogP contribution in [0.15, 0.2) is 61.1 Å². The van der Waals surface area contributed by atoms with Crippen LogP contribution in [0, 0.1) is 0 Å². The summed E-state index contributed by atoms with van der Waals surface area (Å²) in [5.74, 6) is 0.545. The first kappa shape index (κ1) is 18.9. The molecule has 0 N–H and O–H groups in total. The van der Waals surface area contributed by atoms with E-state index in [4.69, 9.17) is 4.74 Å². The number of rotatable bonds is 6. The summed E-state index contributed by atoms with van der Waals surface area (Å²) in [6, 6.07) is 14.2. The zero-order chi connectivity index (χ0) is 21.4. The first-order chi connectivity index (χ1) is 15.1. The Balaban J connectivity index is 1.59. The fourth-order valence-electron chi connectivity index (χ4n) is 3.31. The topological polar surface area (TPSA) is 79.4 Å². The number of hydrogen-bond acceptors (Lipinski definition) is 6. The summed E-state index contributed by atoms with van der Waals surface area (Å²) < 4.78 is 38.6. The Morgan fingerprint density at radius 1 is 1.03 bits per heavy atom. The fourth-order valence-corrected chi connectivity index (χ4v) is 3.31. The van der Waals surface area contributed by atoms with Crippen LogP contribution in [0.5, 0.6) is 11.5 Å². The number of halogens is 2. The molecule has 0 aliphatic rings. The first-order valence-corrected chi connectivity index (χ1v) is 9.50. The molecule has 3 aromatic heterocycles. The van der Waals surface area contributed by atoms with E-state index < -0.39 is 6.61 Å². The highest BCUT2D eigenvalue weighted by molar-refractivity contribution is 5.90. The third-order valence-corrected chi connectivity index (χ3v) is 4.62. The molecule has 0 aliphatic carbocycles. The first-order valence-electron chi connectivity index (χ1n) is 9.50. The third-order valence-electron chi connectivity index (χ3n) is 4.62. The van der Waals surface area contributed by atoms with E-state index in [9.17, 15) is 8.78 Å². The predicted molar refractivity (Wildman–Crippen MR) is 109 cm³/mol. The number of aromatic nitrogens is 6. The second-order valence-electron chi connectivity index (χ2n) is 6.55. The molecule has 0 aliphatic heterocycles. The number of hydrogen-bond donors (Lipinski definition) is 0. The Morgan fingerprint density at radius 2 is 1.87 bits per heavy atom. The average molecular weight is 422 g/mol. The number of fused-ring (bicyclic) bond motifs is 3. The van der Waals surface area contributed by atoms with Crippen molar-refractivity contribution in [3.8, 4) is 28.6 Å². The smallest absolute Gasteiger partial charge is 0.387 e. The van der Waals surface area contributed by atoms with Gasteiger partial charge in [-0.05, 0) is 37.3 Å². The molecular formula is C21H16F2N6O2. The highest BCUT2D eigenvalue weighted by atomic mass is 19.3.